The highest BCUT2D eigenvalue weighted by molar-refractivity contribution is 9.10. The number of carbonyl (C=O) groups excluding carboxylic acids is 2. The number of urea groups is 1. The van der Waals surface area contributed by atoms with Crippen molar-refractivity contribution in [3.63, 3.8) is 0 Å². The minimum absolute atomic E-state index is 0.0599. The highest BCUT2D eigenvalue weighted by atomic mass is 79.9. The summed E-state index contributed by atoms with van der Waals surface area (Å²) in [5.74, 6) is -0.0599. The van der Waals surface area contributed by atoms with E-state index in [4.69, 9.17) is 0 Å². The molecule has 0 atom stereocenters. The van der Waals surface area contributed by atoms with E-state index >= 15 is 0 Å². The first-order valence-electron chi connectivity index (χ1n) is 6.46. The predicted molar refractivity (Wildman–Crippen MR) is 83.9 cm³/mol. The smallest absolute Gasteiger partial charge is 0.319 e. The van der Waals surface area contributed by atoms with Crippen LogP contribution in [0.2, 0.25) is 0 Å². The largest absolute Gasteiger partial charge is 0.356 e. The first kappa shape index (κ1) is 16.5. The lowest BCUT2D eigenvalue weighted by Gasteiger charge is -2.11. The van der Waals surface area contributed by atoms with Crippen LogP contribution in [0.5, 0.6) is 0 Å². The second-order valence-electron chi connectivity index (χ2n) is 4.64. The lowest BCUT2D eigenvalue weighted by Crippen LogP contribution is -2.32. The fourth-order valence-electron chi connectivity index (χ4n) is 1.75. The molecule has 1 aromatic rings. The minimum Gasteiger partial charge on any atom is -0.356 e. The molecule has 0 unspecified atom stereocenters. The molecule has 0 spiro atoms. The molecule has 0 fully saturated rings. The van der Waals surface area contributed by atoms with Crippen molar-refractivity contribution in [2.45, 2.75) is 27.2 Å². The van der Waals surface area contributed by atoms with Gasteiger partial charge in [0.15, 0.2) is 0 Å². The first-order valence-corrected chi connectivity index (χ1v) is 7.25. The molecule has 0 aliphatic carbocycles. The maximum Gasteiger partial charge on any atom is 0.319 e. The molecule has 20 heavy (non-hydrogen) atoms. The minimum atomic E-state index is -0.242. The van der Waals surface area contributed by atoms with E-state index in [1.165, 1.54) is 6.92 Å². The van der Waals surface area contributed by atoms with Gasteiger partial charge in [0.1, 0.15) is 0 Å². The van der Waals surface area contributed by atoms with Crippen LogP contribution >= 0.6 is 15.9 Å². The zero-order valence-corrected chi connectivity index (χ0v) is 13.6. The molecule has 0 aromatic heterocycles. The van der Waals surface area contributed by atoms with Crippen molar-refractivity contribution in [1.29, 1.82) is 0 Å². The van der Waals surface area contributed by atoms with Crippen LogP contribution in [0.1, 0.15) is 24.5 Å². The van der Waals surface area contributed by atoms with E-state index in [0.29, 0.717) is 19.5 Å². The van der Waals surface area contributed by atoms with Crippen molar-refractivity contribution in [1.82, 2.24) is 10.6 Å². The van der Waals surface area contributed by atoms with E-state index in [2.05, 4.69) is 31.9 Å². The zero-order valence-electron chi connectivity index (χ0n) is 12.0. The number of aryl methyl sites for hydroxylation is 2. The molecule has 1 aromatic carbocycles. The Kier molecular flexibility index (Phi) is 6.51. The van der Waals surface area contributed by atoms with Gasteiger partial charge in [0.2, 0.25) is 5.91 Å². The summed E-state index contributed by atoms with van der Waals surface area (Å²) < 4.78 is 1.05. The monoisotopic (exact) mass is 341 g/mol. The van der Waals surface area contributed by atoms with Gasteiger partial charge in [0.05, 0.1) is 0 Å². The Balaban J connectivity index is 2.37. The molecule has 0 aliphatic rings. The van der Waals surface area contributed by atoms with Crippen LogP contribution in [0.4, 0.5) is 10.5 Å². The van der Waals surface area contributed by atoms with E-state index in [9.17, 15) is 9.59 Å². The molecule has 0 saturated heterocycles. The summed E-state index contributed by atoms with van der Waals surface area (Å²) in [6.07, 6.45) is 0.700. The highest BCUT2D eigenvalue weighted by Gasteiger charge is 2.05. The van der Waals surface area contributed by atoms with Crippen LogP contribution in [0.3, 0.4) is 0 Å². The van der Waals surface area contributed by atoms with Crippen LogP contribution < -0.4 is 16.0 Å². The second-order valence-corrected chi connectivity index (χ2v) is 5.43. The number of nitrogens with one attached hydrogen (secondary N) is 3. The number of hydrogen-bond acceptors (Lipinski definition) is 2. The summed E-state index contributed by atoms with van der Waals surface area (Å²) in [4.78, 5) is 22.4. The molecule has 0 saturated carbocycles. The fraction of sp³-hybridized carbons (Fsp3) is 0.429. The van der Waals surface area contributed by atoms with Crippen molar-refractivity contribution >= 4 is 33.6 Å². The summed E-state index contributed by atoms with van der Waals surface area (Å²) in [7, 11) is 0. The van der Waals surface area contributed by atoms with E-state index in [1.807, 2.05) is 26.0 Å². The SMILES string of the molecule is CC(=O)NCCCNC(=O)Nc1cc(C)c(Br)c(C)c1. The molecule has 3 amide bonds. The Labute approximate surface area is 127 Å². The highest BCUT2D eigenvalue weighted by Crippen LogP contribution is 2.24. The summed E-state index contributed by atoms with van der Waals surface area (Å²) in [6, 6.07) is 3.58. The van der Waals surface area contributed by atoms with Crippen LogP contribution in [0, 0.1) is 13.8 Å². The van der Waals surface area contributed by atoms with Crippen molar-refractivity contribution in [3.05, 3.63) is 27.7 Å². The van der Waals surface area contributed by atoms with E-state index in [1.54, 1.807) is 0 Å². The number of rotatable bonds is 5. The Morgan fingerprint density at radius 1 is 1.10 bits per heavy atom. The van der Waals surface area contributed by atoms with Gasteiger partial charge in [-0.1, -0.05) is 15.9 Å². The van der Waals surface area contributed by atoms with Crippen LogP contribution in [-0.2, 0) is 4.79 Å². The quantitative estimate of drug-likeness (QED) is 0.720. The molecule has 0 bridgehead atoms. The Morgan fingerprint density at radius 2 is 1.65 bits per heavy atom. The van der Waals surface area contributed by atoms with Gasteiger partial charge in [-0.2, -0.15) is 0 Å². The van der Waals surface area contributed by atoms with Crippen molar-refractivity contribution in [2.75, 3.05) is 18.4 Å². The molecule has 0 aliphatic heterocycles. The van der Waals surface area contributed by atoms with E-state index < -0.39 is 0 Å². The van der Waals surface area contributed by atoms with Gasteiger partial charge in [-0.25, -0.2) is 4.79 Å². The Bertz CT molecular complexity index is 480. The van der Waals surface area contributed by atoms with Gasteiger partial charge < -0.3 is 16.0 Å². The number of carbonyl (C=O) groups is 2. The molecule has 0 heterocycles. The van der Waals surface area contributed by atoms with Gasteiger partial charge in [-0.05, 0) is 43.5 Å². The molecule has 110 valence electrons. The number of benzene rings is 1. The van der Waals surface area contributed by atoms with Crippen molar-refractivity contribution in [2.24, 2.45) is 0 Å². The van der Waals surface area contributed by atoms with E-state index in [-0.39, 0.29) is 11.9 Å². The van der Waals surface area contributed by atoms with Gasteiger partial charge in [-0.3, -0.25) is 4.79 Å². The molecule has 6 heteroatoms. The third kappa shape index (κ3) is 5.61. The lowest BCUT2D eigenvalue weighted by molar-refractivity contribution is -0.118. The molecular weight excluding hydrogens is 322 g/mol. The normalized spacial score (nSPS) is 10.0. The number of anilines is 1. The van der Waals surface area contributed by atoms with Gasteiger partial charge in [0.25, 0.3) is 0 Å². The average molecular weight is 342 g/mol. The topological polar surface area (TPSA) is 70.2 Å². The summed E-state index contributed by atoms with van der Waals surface area (Å²) in [5.41, 5.74) is 2.92. The van der Waals surface area contributed by atoms with Crippen LogP contribution in [-0.4, -0.2) is 25.0 Å². The fourth-order valence-corrected chi connectivity index (χ4v) is 1.98. The van der Waals surface area contributed by atoms with Gasteiger partial charge >= 0.3 is 6.03 Å². The van der Waals surface area contributed by atoms with Crippen molar-refractivity contribution < 1.29 is 9.59 Å². The molecule has 1 rings (SSSR count). The number of amides is 3. The standard InChI is InChI=1S/C14H20BrN3O2/c1-9-7-12(8-10(2)13(9)15)18-14(20)17-6-4-5-16-11(3)19/h7-8H,4-6H2,1-3H3,(H,16,19)(H2,17,18,20). The van der Waals surface area contributed by atoms with Crippen LogP contribution in [0.15, 0.2) is 16.6 Å². The third-order valence-electron chi connectivity index (χ3n) is 2.71. The Morgan fingerprint density at radius 3 is 2.20 bits per heavy atom. The first-order chi connectivity index (χ1) is 9.40. The summed E-state index contributed by atoms with van der Waals surface area (Å²) in [5, 5.41) is 8.21. The third-order valence-corrected chi connectivity index (χ3v) is 3.96. The average Bonchev–Trinajstić information content (AvgIpc) is 2.35. The second kappa shape index (κ2) is 7.89. The maximum absolute atomic E-state index is 11.7. The lowest BCUT2D eigenvalue weighted by atomic mass is 10.1. The summed E-state index contributed by atoms with van der Waals surface area (Å²) in [6.45, 7) is 6.51. The zero-order chi connectivity index (χ0) is 15.1. The Hall–Kier alpha value is -1.56. The molecule has 0 radical (unpaired) electrons. The van der Waals surface area contributed by atoms with E-state index in [0.717, 1.165) is 21.3 Å². The number of halogens is 1. The maximum atomic E-state index is 11.7. The predicted octanol–water partition coefficient (Wildman–Crippen LogP) is 2.71. The van der Waals surface area contributed by atoms with Crippen LogP contribution in [0.25, 0.3) is 0 Å². The van der Waals surface area contributed by atoms with Crippen molar-refractivity contribution in [3.8, 4) is 0 Å². The van der Waals surface area contributed by atoms with Gasteiger partial charge in [-0.15, -0.1) is 0 Å². The number of hydrogen-bond donors (Lipinski definition) is 3. The molecular formula is C14H20BrN3O2. The van der Waals surface area contributed by atoms with Gasteiger partial charge in [0, 0.05) is 30.2 Å². The molecule has 3 N–H and O–H groups in total. The molecule has 5 nitrogen and oxygen atoms in total. The summed E-state index contributed by atoms with van der Waals surface area (Å²) >= 11 is 3.49.